The number of nitro groups is 1. The molecule has 1 amide bonds. The second-order valence-corrected chi connectivity index (χ2v) is 6.47. The number of carbonyl (C=O) groups is 1. The number of alkyl halides is 3. The lowest BCUT2D eigenvalue weighted by Gasteiger charge is -2.36. The van der Waals surface area contributed by atoms with Gasteiger partial charge in [0.25, 0.3) is 5.91 Å². The van der Waals surface area contributed by atoms with Gasteiger partial charge in [0.05, 0.1) is 17.6 Å². The first-order valence-corrected chi connectivity index (χ1v) is 8.74. The summed E-state index contributed by atoms with van der Waals surface area (Å²) in [5.74, 6) is -0.319. The standard InChI is InChI=1S/C19H18F3N3O4/c1-29-17-6-5-13(11-16(17)25(27)28)18(26)24-9-7-23(8-10-24)15-4-2-3-14(12-15)19(20,21)22/h2-6,11-12H,7-10H2,1H3. The lowest BCUT2D eigenvalue weighted by Crippen LogP contribution is -2.48. The number of benzene rings is 2. The monoisotopic (exact) mass is 409 g/mol. The zero-order valence-electron chi connectivity index (χ0n) is 15.5. The topological polar surface area (TPSA) is 75.9 Å². The fourth-order valence-electron chi connectivity index (χ4n) is 3.19. The van der Waals surface area contributed by atoms with Crippen molar-refractivity contribution in [2.24, 2.45) is 0 Å². The molecule has 0 atom stereocenters. The number of rotatable bonds is 4. The van der Waals surface area contributed by atoms with Gasteiger partial charge in [-0.25, -0.2) is 0 Å². The van der Waals surface area contributed by atoms with Crippen LogP contribution < -0.4 is 9.64 Å². The molecule has 2 aromatic rings. The van der Waals surface area contributed by atoms with Crippen molar-refractivity contribution in [3.63, 3.8) is 0 Å². The molecule has 29 heavy (non-hydrogen) atoms. The molecule has 1 fully saturated rings. The second kappa shape index (κ2) is 7.98. The van der Waals surface area contributed by atoms with E-state index in [-0.39, 0.29) is 36.0 Å². The highest BCUT2D eigenvalue weighted by Crippen LogP contribution is 2.32. The van der Waals surface area contributed by atoms with Crippen molar-refractivity contribution < 1.29 is 27.6 Å². The average molecular weight is 409 g/mol. The van der Waals surface area contributed by atoms with Gasteiger partial charge in [-0.3, -0.25) is 14.9 Å². The van der Waals surface area contributed by atoms with Gasteiger partial charge in [-0.05, 0) is 30.3 Å². The van der Waals surface area contributed by atoms with Crippen LogP contribution in [0.15, 0.2) is 42.5 Å². The third-order valence-electron chi connectivity index (χ3n) is 4.73. The van der Waals surface area contributed by atoms with Crippen molar-refractivity contribution in [2.45, 2.75) is 6.18 Å². The predicted octanol–water partition coefficient (Wildman–Crippen LogP) is 3.58. The van der Waals surface area contributed by atoms with Crippen LogP contribution in [0.4, 0.5) is 24.5 Å². The number of hydrogen-bond acceptors (Lipinski definition) is 5. The molecule has 0 aromatic heterocycles. The van der Waals surface area contributed by atoms with Crippen LogP contribution in [0.3, 0.4) is 0 Å². The first-order valence-electron chi connectivity index (χ1n) is 8.74. The Balaban J connectivity index is 1.70. The number of nitrogens with zero attached hydrogens (tertiary/aromatic N) is 3. The van der Waals surface area contributed by atoms with Gasteiger partial charge < -0.3 is 14.5 Å². The molecule has 1 aliphatic rings. The van der Waals surface area contributed by atoms with E-state index < -0.39 is 16.7 Å². The van der Waals surface area contributed by atoms with Gasteiger partial charge in [-0.15, -0.1) is 0 Å². The van der Waals surface area contributed by atoms with E-state index in [1.54, 1.807) is 11.0 Å². The molecular weight excluding hydrogens is 391 g/mol. The third kappa shape index (κ3) is 4.41. The van der Waals surface area contributed by atoms with Crippen LogP contribution in [0.1, 0.15) is 15.9 Å². The van der Waals surface area contributed by atoms with E-state index in [4.69, 9.17) is 4.74 Å². The largest absolute Gasteiger partial charge is 0.490 e. The maximum atomic E-state index is 12.9. The van der Waals surface area contributed by atoms with Crippen molar-refractivity contribution in [1.82, 2.24) is 4.90 Å². The minimum Gasteiger partial charge on any atom is -0.490 e. The van der Waals surface area contributed by atoms with Gasteiger partial charge in [0.1, 0.15) is 0 Å². The van der Waals surface area contributed by atoms with Crippen LogP contribution >= 0.6 is 0 Å². The fraction of sp³-hybridized carbons (Fsp3) is 0.316. The van der Waals surface area contributed by atoms with Crippen LogP contribution in [0.2, 0.25) is 0 Å². The average Bonchev–Trinajstić information content (AvgIpc) is 2.72. The molecule has 154 valence electrons. The first kappa shape index (κ1) is 20.4. The number of methoxy groups -OCH3 is 1. The molecular formula is C19H18F3N3O4. The highest BCUT2D eigenvalue weighted by molar-refractivity contribution is 5.95. The number of piperazine rings is 1. The van der Waals surface area contributed by atoms with Crippen molar-refractivity contribution in [3.8, 4) is 5.75 Å². The summed E-state index contributed by atoms with van der Waals surface area (Å²) in [6.07, 6.45) is -4.42. The SMILES string of the molecule is COc1ccc(C(=O)N2CCN(c3cccc(C(F)(F)F)c3)CC2)cc1[N+](=O)[O-]. The quantitative estimate of drug-likeness (QED) is 0.570. The van der Waals surface area contributed by atoms with Crippen LogP contribution in [0, 0.1) is 10.1 Å². The Morgan fingerprint density at radius 3 is 2.38 bits per heavy atom. The summed E-state index contributed by atoms with van der Waals surface area (Å²) in [6, 6.07) is 9.04. The fourth-order valence-corrected chi connectivity index (χ4v) is 3.19. The molecule has 1 saturated heterocycles. The molecule has 1 heterocycles. The van der Waals surface area contributed by atoms with Crippen molar-refractivity contribution in [3.05, 3.63) is 63.7 Å². The van der Waals surface area contributed by atoms with Crippen LogP contribution in [0.25, 0.3) is 0 Å². The number of nitro benzene ring substituents is 1. The summed E-state index contributed by atoms with van der Waals surface area (Å²) >= 11 is 0. The molecule has 2 aromatic carbocycles. The summed E-state index contributed by atoms with van der Waals surface area (Å²) in [5.41, 5.74) is -0.433. The summed E-state index contributed by atoms with van der Waals surface area (Å²) in [7, 11) is 1.30. The molecule has 1 aliphatic heterocycles. The zero-order chi connectivity index (χ0) is 21.2. The van der Waals surface area contributed by atoms with Gasteiger partial charge in [0.15, 0.2) is 5.75 Å². The van der Waals surface area contributed by atoms with Gasteiger partial charge in [0.2, 0.25) is 0 Å². The Bertz CT molecular complexity index is 925. The minimum atomic E-state index is -4.42. The zero-order valence-corrected chi connectivity index (χ0v) is 15.5. The van der Waals surface area contributed by atoms with Crippen LogP contribution in [-0.2, 0) is 6.18 Å². The maximum absolute atomic E-state index is 12.9. The maximum Gasteiger partial charge on any atom is 0.416 e. The molecule has 7 nitrogen and oxygen atoms in total. The Hall–Kier alpha value is -3.30. The summed E-state index contributed by atoms with van der Waals surface area (Å²) in [4.78, 5) is 26.5. The van der Waals surface area contributed by atoms with Crippen molar-refractivity contribution in [1.29, 1.82) is 0 Å². The molecule has 0 saturated carbocycles. The van der Waals surface area contributed by atoms with E-state index >= 15 is 0 Å². The lowest BCUT2D eigenvalue weighted by molar-refractivity contribution is -0.385. The van der Waals surface area contributed by atoms with Crippen molar-refractivity contribution >= 4 is 17.3 Å². The predicted molar refractivity (Wildman–Crippen MR) is 99.2 cm³/mol. The smallest absolute Gasteiger partial charge is 0.416 e. The van der Waals surface area contributed by atoms with Gasteiger partial charge >= 0.3 is 11.9 Å². The van der Waals surface area contributed by atoms with E-state index in [9.17, 15) is 28.1 Å². The highest BCUT2D eigenvalue weighted by Gasteiger charge is 2.31. The van der Waals surface area contributed by atoms with Crippen LogP contribution in [0.5, 0.6) is 5.75 Å². The van der Waals surface area contributed by atoms with E-state index in [0.717, 1.165) is 12.1 Å². The number of anilines is 1. The van der Waals surface area contributed by atoms with E-state index in [0.29, 0.717) is 18.8 Å². The second-order valence-electron chi connectivity index (χ2n) is 6.47. The summed E-state index contributed by atoms with van der Waals surface area (Å²) in [6.45, 7) is 1.28. The lowest BCUT2D eigenvalue weighted by atomic mass is 10.1. The Morgan fingerprint density at radius 2 is 1.79 bits per heavy atom. The molecule has 0 aliphatic carbocycles. The number of halogens is 3. The van der Waals surface area contributed by atoms with E-state index in [2.05, 4.69) is 0 Å². The van der Waals surface area contributed by atoms with E-state index in [1.807, 2.05) is 0 Å². The molecule has 10 heteroatoms. The third-order valence-corrected chi connectivity index (χ3v) is 4.73. The number of hydrogen-bond donors (Lipinski definition) is 0. The molecule has 0 radical (unpaired) electrons. The van der Waals surface area contributed by atoms with Gasteiger partial charge in [-0.2, -0.15) is 13.2 Å². The summed E-state index contributed by atoms with van der Waals surface area (Å²) < 4.78 is 43.6. The molecule has 0 N–H and O–H groups in total. The Labute approximate surface area is 164 Å². The number of carbonyl (C=O) groups excluding carboxylic acids is 1. The van der Waals surface area contributed by atoms with Gasteiger partial charge in [-0.1, -0.05) is 6.07 Å². The highest BCUT2D eigenvalue weighted by atomic mass is 19.4. The molecule has 0 spiro atoms. The van der Waals surface area contributed by atoms with Crippen LogP contribution in [-0.4, -0.2) is 49.0 Å². The van der Waals surface area contributed by atoms with Gasteiger partial charge in [0, 0.05) is 43.5 Å². The first-order chi connectivity index (χ1) is 13.7. The number of amides is 1. The molecule has 0 unspecified atom stereocenters. The van der Waals surface area contributed by atoms with E-state index in [1.165, 1.54) is 36.3 Å². The number of ether oxygens (including phenoxy) is 1. The summed E-state index contributed by atoms with van der Waals surface area (Å²) in [5, 5.41) is 11.1. The molecule has 3 rings (SSSR count). The minimum absolute atomic E-state index is 0.0564. The Morgan fingerprint density at radius 1 is 1.10 bits per heavy atom. The Kier molecular flexibility index (Phi) is 5.62. The van der Waals surface area contributed by atoms with Crippen molar-refractivity contribution in [2.75, 3.05) is 38.2 Å². The molecule has 0 bridgehead atoms. The normalized spacial score (nSPS) is 14.6.